The second-order valence-electron chi connectivity index (χ2n) is 5.63. The van der Waals surface area contributed by atoms with Gasteiger partial charge in [0.05, 0.1) is 9.79 Å². The Kier molecular flexibility index (Phi) is 8.19. The van der Waals surface area contributed by atoms with Gasteiger partial charge in [-0.3, -0.25) is 4.98 Å². The number of pyridine rings is 1. The Morgan fingerprint density at radius 2 is 1.50 bits per heavy atom. The second kappa shape index (κ2) is 9.34. The summed E-state index contributed by atoms with van der Waals surface area (Å²) in [7, 11) is -7.45. The molecule has 2 N–H and O–H groups in total. The summed E-state index contributed by atoms with van der Waals surface area (Å²) in [5.41, 5.74) is 6.72. The third-order valence-corrected chi connectivity index (χ3v) is 8.16. The molecule has 0 spiro atoms. The van der Waals surface area contributed by atoms with Crippen LogP contribution >= 0.6 is 36.2 Å². The van der Waals surface area contributed by atoms with Crippen molar-refractivity contribution in [1.29, 1.82) is 0 Å². The van der Waals surface area contributed by atoms with Crippen LogP contribution in [0.1, 0.15) is 4.88 Å². The zero-order valence-corrected chi connectivity index (χ0v) is 18.7. The fourth-order valence-electron chi connectivity index (χ4n) is 2.38. The van der Waals surface area contributed by atoms with Crippen LogP contribution in [0.4, 0.5) is 0 Å². The van der Waals surface area contributed by atoms with Crippen LogP contribution in [-0.2, 0) is 26.2 Å². The Morgan fingerprint density at radius 1 is 0.893 bits per heavy atom. The molecule has 0 radical (unpaired) electrons. The molecule has 0 aliphatic carbocycles. The van der Waals surface area contributed by atoms with Crippen LogP contribution in [0.15, 0.2) is 68.9 Å². The summed E-state index contributed by atoms with van der Waals surface area (Å²) in [6.45, 7) is 0.242. The average Bonchev–Trinajstić information content (AvgIpc) is 3.11. The summed E-state index contributed by atoms with van der Waals surface area (Å²) < 4.78 is 50.2. The minimum Gasteiger partial charge on any atom is -0.326 e. The van der Waals surface area contributed by atoms with Crippen molar-refractivity contribution in [2.45, 2.75) is 20.5 Å². The van der Waals surface area contributed by atoms with Crippen molar-refractivity contribution in [2.75, 3.05) is 6.26 Å². The zero-order valence-electron chi connectivity index (χ0n) is 14.6. The maximum absolute atomic E-state index is 13.0. The molecule has 0 fully saturated rings. The molecule has 11 heteroatoms. The van der Waals surface area contributed by atoms with Crippen molar-refractivity contribution >= 4 is 55.8 Å². The highest BCUT2D eigenvalue weighted by molar-refractivity contribution is 7.93. The van der Waals surface area contributed by atoms with E-state index in [1.54, 1.807) is 30.6 Å². The number of sulfone groups is 2. The molecular weight excluding hydrogens is 463 g/mol. The monoisotopic (exact) mass is 480 g/mol. The van der Waals surface area contributed by atoms with Crippen molar-refractivity contribution < 1.29 is 16.8 Å². The van der Waals surface area contributed by atoms with Gasteiger partial charge in [0.15, 0.2) is 9.84 Å². The van der Waals surface area contributed by atoms with E-state index in [1.807, 2.05) is 0 Å². The fraction of sp³-hybridized carbons (Fsp3) is 0.118. The molecule has 0 saturated heterocycles. The van der Waals surface area contributed by atoms with Crippen LogP contribution in [0.2, 0.25) is 0 Å². The third-order valence-electron chi connectivity index (χ3n) is 3.74. The lowest BCUT2D eigenvalue weighted by atomic mass is 10.1. The van der Waals surface area contributed by atoms with Gasteiger partial charge in [0.1, 0.15) is 4.21 Å². The Morgan fingerprint density at radius 3 is 2.04 bits per heavy atom. The van der Waals surface area contributed by atoms with Gasteiger partial charge in [-0.05, 0) is 53.6 Å². The van der Waals surface area contributed by atoms with Crippen LogP contribution in [0, 0.1) is 0 Å². The molecule has 152 valence electrons. The zero-order chi connectivity index (χ0) is 18.9. The number of hydrogen-bond donors (Lipinski definition) is 1. The van der Waals surface area contributed by atoms with Gasteiger partial charge in [0.2, 0.25) is 9.84 Å². The van der Waals surface area contributed by atoms with Gasteiger partial charge in [0.25, 0.3) is 0 Å². The highest BCUT2D eigenvalue weighted by Gasteiger charge is 2.23. The molecule has 0 aliphatic heterocycles. The molecule has 3 rings (SSSR count). The maximum Gasteiger partial charge on any atom is 0.216 e. The second-order valence-corrected chi connectivity index (χ2v) is 11.0. The molecule has 6 nitrogen and oxygen atoms in total. The summed E-state index contributed by atoms with van der Waals surface area (Å²) >= 11 is 1.08. The van der Waals surface area contributed by atoms with Crippen LogP contribution < -0.4 is 5.73 Å². The first kappa shape index (κ1) is 24.5. The van der Waals surface area contributed by atoms with Crippen molar-refractivity contribution in [2.24, 2.45) is 5.73 Å². The molecule has 0 amide bonds. The van der Waals surface area contributed by atoms with Crippen molar-refractivity contribution in [3.05, 3.63) is 59.7 Å². The van der Waals surface area contributed by atoms with Gasteiger partial charge >= 0.3 is 0 Å². The number of halogens is 2. The van der Waals surface area contributed by atoms with E-state index >= 15 is 0 Å². The highest BCUT2D eigenvalue weighted by Crippen LogP contribution is 2.32. The number of nitrogens with two attached hydrogens (primary N) is 1. The number of hydrogen-bond acceptors (Lipinski definition) is 7. The van der Waals surface area contributed by atoms with Gasteiger partial charge in [0, 0.05) is 30.1 Å². The molecule has 0 saturated carbocycles. The van der Waals surface area contributed by atoms with E-state index in [9.17, 15) is 16.8 Å². The lowest BCUT2D eigenvalue weighted by Crippen LogP contribution is -2.04. The predicted molar refractivity (Wildman–Crippen MR) is 115 cm³/mol. The quantitative estimate of drug-likeness (QED) is 0.599. The number of nitrogens with zero attached hydrogens (tertiary/aromatic N) is 1. The first-order chi connectivity index (χ1) is 12.2. The van der Waals surface area contributed by atoms with Crippen molar-refractivity contribution in [3.8, 4) is 11.1 Å². The van der Waals surface area contributed by atoms with Crippen LogP contribution in [0.5, 0.6) is 0 Å². The van der Waals surface area contributed by atoms with Crippen LogP contribution in [0.25, 0.3) is 11.1 Å². The molecule has 2 aromatic heterocycles. The molecular formula is C17H18Cl2N2O4S3. The van der Waals surface area contributed by atoms with E-state index in [2.05, 4.69) is 4.98 Å². The average molecular weight is 481 g/mol. The summed E-state index contributed by atoms with van der Waals surface area (Å²) in [4.78, 5) is 4.53. The molecule has 0 atom stereocenters. The predicted octanol–water partition coefficient (Wildman–Crippen LogP) is 3.35. The minimum absolute atomic E-state index is 0. The van der Waals surface area contributed by atoms with E-state index in [0.717, 1.165) is 22.5 Å². The number of benzene rings is 1. The lowest BCUT2D eigenvalue weighted by Gasteiger charge is -2.09. The Bertz CT molecular complexity index is 1160. The maximum atomic E-state index is 13.0. The first-order valence-electron chi connectivity index (χ1n) is 7.51. The molecule has 3 aromatic rings. The van der Waals surface area contributed by atoms with Crippen molar-refractivity contribution in [1.82, 2.24) is 4.98 Å². The van der Waals surface area contributed by atoms with Gasteiger partial charge < -0.3 is 5.73 Å². The number of rotatable bonds is 5. The van der Waals surface area contributed by atoms with E-state index in [4.69, 9.17) is 5.73 Å². The van der Waals surface area contributed by atoms with E-state index in [0.29, 0.717) is 11.1 Å². The SMILES string of the molecule is CS(=O)(=O)c1cc(-c2ccncc2)cc(S(=O)(=O)c2ccc(CN)s2)c1.Cl.Cl. The number of aromatic nitrogens is 1. The number of thiophene rings is 1. The Labute approximate surface area is 180 Å². The molecule has 0 bridgehead atoms. The molecule has 28 heavy (non-hydrogen) atoms. The normalized spacial score (nSPS) is 11.4. The topological polar surface area (TPSA) is 107 Å². The lowest BCUT2D eigenvalue weighted by molar-refractivity contribution is 0.597. The summed E-state index contributed by atoms with van der Waals surface area (Å²) in [6, 6.07) is 10.6. The van der Waals surface area contributed by atoms with E-state index < -0.39 is 19.7 Å². The van der Waals surface area contributed by atoms with Crippen molar-refractivity contribution in [3.63, 3.8) is 0 Å². The molecule has 0 aliphatic rings. The smallest absolute Gasteiger partial charge is 0.216 e. The largest absolute Gasteiger partial charge is 0.326 e. The van der Waals surface area contributed by atoms with Crippen LogP contribution in [0.3, 0.4) is 0 Å². The molecule has 0 unspecified atom stereocenters. The summed E-state index contributed by atoms with van der Waals surface area (Å²) in [5.74, 6) is 0. The van der Waals surface area contributed by atoms with Gasteiger partial charge in [-0.15, -0.1) is 36.2 Å². The standard InChI is InChI=1S/C17H16N2O4S3.2ClH/c1-25(20,21)15-8-13(12-4-6-19-7-5-12)9-16(10-15)26(22,23)17-3-2-14(11-18)24-17;;/h2-10H,11,18H2,1H3;2*1H. The Hall–Kier alpha value is -1.49. The van der Waals surface area contributed by atoms with Gasteiger partial charge in [-0.1, -0.05) is 0 Å². The molecule has 1 aromatic carbocycles. The minimum atomic E-state index is -3.86. The van der Waals surface area contributed by atoms with Gasteiger partial charge in [-0.2, -0.15) is 0 Å². The summed E-state index contributed by atoms with van der Waals surface area (Å²) in [5, 5.41) is 0. The first-order valence-corrected chi connectivity index (χ1v) is 11.7. The summed E-state index contributed by atoms with van der Waals surface area (Å²) in [6.07, 6.45) is 4.17. The van der Waals surface area contributed by atoms with Gasteiger partial charge in [-0.25, -0.2) is 16.8 Å². The fourth-order valence-corrected chi connectivity index (χ4v) is 5.84. The van der Waals surface area contributed by atoms with E-state index in [-0.39, 0.29) is 45.4 Å². The Balaban J connectivity index is 0.00000196. The van der Waals surface area contributed by atoms with E-state index in [1.165, 1.54) is 24.3 Å². The highest BCUT2D eigenvalue weighted by atomic mass is 35.5. The molecule has 2 heterocycles. The third kappa shape index (κ3) is 5.11. The van der Waals surface area contributed by atoms with Crippen LogP contribution in [-0.4, -0.2) is 28.1 Å².